The average Bonchev–Trinajstić information content (AvgIpc) is 2.46. The van der Waals surface area contributed by atoms with E-state index in [-0.39, 0.29) is 24.3 Å². The number of hydrogen-bond acceptors (Lipinski definition) is 3. The monoisotopic (exact) mass is 326 g/mol. The Hall–Kier alpha value is -1.82. The fraction of sp³-hybridized carbons (Fsp3) is 0.529. The Morgan fingerprint density at radius 2 is 1.87 bits per heavy atom. The summed E-state index contributed by atoms with van der Waals surface area (Å²) in [5.41, 5.74) is 5.26. The van der Waals surface area contributed by atoms with Crippen molar-refractivity contribution in [2.45, 2.75) is 45.6 Å². The first-order valence-corrected chi connectivity index (χ1v) is 7.66. The van der Waals surface area contributed by atoms with Crippen molar-refractivity contribution in [2.75, 3.05) is 6.54 Å². The van der Waals surface area contributed by atoms with Crippen LogP contribution in [0.25, 0.3) is 0 Å². The smallest absolute Gasteiger partial charge is 0.220 e. The molecule has 0 radical (unpaired) electrons. The summed E-state index contributed by atoms with van der Waals surface area (Å²) in [6, 6.07) is 2.95. The van der Waals surface area contributed by atoms with Crippen LogP contribution in [-0.4, -0.2) is 23.8 Å². The van der Waals surface area contributed by atoms with Gasteiger partial charge in [0, 0.05) is 30.5 Å². The van der Waals surface area contributed by atoms with Crippen LogP contribution in [-0.2, 0) is 4.79 Å². The summed E-state index contributed by atoms with van der Waals surface area (Å²) in [4.78, 5) is 23.9. The standard InChI is InChI=1S/C17H24F2N2O2/c1-11(2)9-17(3,10-20)21-16(23)7-6-15(22)12-4-5-13(18)14(19)8-12/h4-5,8,11H,6-7,9-10,20H2,1-3H3,(H,21,23). The summed E-state index contributed by atoms with van der Waals surface area (Å²) in [5.74, 6) is -2.40. The Kier molecular flexibility index (Phi) is 6.81. The van der Waals surface area contributed by atoms with Crippen LogP contribution in [0.4, 0.5) is 8.78 Å². The topological polar surface area (TPSA) is 72.2 Å². The van der Waals surface area contributed by atoms with Gasteiger partial charge >= 0.3 is 0 Å². The third-order valence-corrected chi connectivity index (χ3v) is 3.57. The van der Waals surface area contributed by atoms with Gasteiger partial charge in [0.25, 0.3) is 0 Å². The molecule has 0 heterocycles. The minimum absolute atomic E-state index is 0.0223. The fourth-order valence-electron chi connectivity index (χ4n) is 2.53. The first-order valence-electron chi connectivity index (χ1n) is 7.66. The Bertz CT molecular complexity index is 576. The van der Waals surface area contributed by atoms with E-state index >= 15 is 0 Å². The van der Waals surface area contributed by atoms with E-state index < -0.39 is 23.0 Å². The fourth-order valence-corrected chi connectivity index (χ4v) is 2.53. The van der Waals surface area contributed by atoms with Gasteiger partial charge in [0.15, 0.2) is 17.4 Å². The second-order valence-electron chi connectivity index (χ2n) is 6.46. The lowest BCUT2D eigenvalue weighted by Gasteiger charge is -2.31. The molecule has 1 atom stereocenters. The molecule has 1 rings (SSSR count). The lowest BCUT2D eigenvalue weighted by molar-refractivity contribution is -0.122. The Morgan fingerprint density at radius 1 is 1.22 bits per heavy atom. The molecule has 1 unspecified atom stereocenters. The van der Waals surface area contributed by atoms with Crippen LogP contribution in [0.2, 0.25) is 0 Å². The van der Waals surface area contributed by atoms with Crippen LogP contribution in [0.1, 0.15) is 50.4 Å². The van der Waals surface area contributed by atoms with E-state index in [1.807, 2.05) is 20.8 Å². The molecule has 0 saturated heterocycles. The number of hydrogen-bond donors (Lipinski definition) is 2. The molecule has 23 heavy (non-hydrogen) atoms. The summed E-state index contributed by atoms with van der Waals surface area (Å²) in [5, 5.41) is 2.85. The zero-order valence-corrected chi connectivity index (χ0v) is 13.8. The van der Waals surface area contributed by atoms with Gasteiger partial charge in [-0.25, -0.2) is 8.78 Å². The molecule has 3 N–H and O–H groups in total. The molecule has 0 aliphatic heterocycles. The van der Waals surface area contributed by atoms with Gasteiger partial charge in [0.1, 0.15) is 0 Å². The quantitative estimate of drug-likeness (QED) is 0.722. The molecule has 4 nitrogen and oxygen atoms in total. The molecule has 1 amide bonds. The molecule has 0 fully saturated rings. The van der Waals surface area contributed by atoms with Crippen molar-refractivity contribution in [3.05, 3.63) is 35.4 Å². The average molecular weight is 326 g/mol. The third-order valence-electron chi connectivity index (χ3n) is 3.57. The lowest BCUT2D eigenvalue weighted by atomic mass is 9.90. The van der Waals surface area contributed by atoms with E-state index in [0.29, 0.717) is 12.5 Å². The van der Waals surface area contributed by atoms with E-state index in [9.17, 15) is 18.4 Å². The second-order valence-corrected chi connectivity index (χ2v) is 6.46. The molecule has 128 valence electrons. The molecule has 0 aliphatic carbocycles. The molecule has 1 aromatic rings. The SMILES string of the molecule is CC(C)CC(C)(CN)NC(=O)CCC(=O)c1ccc(F)c(F)c1. The van der Waals surface area contributed by atoms with Gasteiger partial charge in [-0.2, -0.15) is 0 Å². The van der Waals surface area contributed by atoms with Crippen molar-refractivity contribution in [3.8, 4) is 0 Å². The summed E-state index contributed by atoms with van der Waals surface area (Å²) >= 11 is 0. The van der Waals surface area contributed by atoms with E-state index in [1.54, 1.807) is 0 Å². The van der Waals surface area contributed by atoms with Crippen LogP contribution >= 0.6 is 0 Å². The zero-order chi connectivity index (χ0) is 17.6. The maximum atomic E-state index is 13.1. The Balaban J connectivity index is 2.58. The summed E-state index contributed by atoms with van der Waals surface area (Å²) < 4.78 is 26.0. The normalized spacial score (nSPS) is 13.7. The zero-order valence-electron chi connectivity index (χ0n) is 13.8. The van der Waals surface area contributed by atoms with Gasteiger partial charge in [-0.15, -0.1) is 0 Å². The number of rotatable bonds is 8. The Morgan fingerprint density at radius 3 is 2.39 bits per heavy atom. The highest BCUT2D eigenvalue weighted by atomic mass is 19.2. The molecule has 1 aromatic carbocycles. The van der Waals surface area contributed by atoms with E-state index in [0.717, 1.165) is 18.6 Å². The van der Waals surface area contributed by atoms with Gasteiger partial charge in [0.05, 0.1) is 0 Å². The van der Waals surface area contributed by atoms with Crippen LogP contribution in [0.3, 0.4) is 0 Å². The number of carbonyl (C=O) groups excluding carboxylic acids is 2. The molecule has 0 bridgehead atoms. The lowest BCUT2D eigenvalue weighted by Crippen LogP contribution is -2.52. The maximum absolute atomic E-state index is 13.1. The molecular formula is C17H24F2N2O2. The number of carbonyl (C=O) groups is 2. The van der Waals surface area contributed by atoms with Crippen LogP contribution in [0.5, 0.6) is 0 Å². The molecule has 0 aromatic heterocycles. The highest BCUT2D eigenvalue weighted by molar-refractivity contribution is 5.98. The second kappa shape index (κ2) is 8.15. The van der Waals surface area contributed by atoms with Crippen molar-refractivity contribution in [1.82, 2.24) is 5.32 Å². The first-order chi connectivity index (χ1) is 10.7. The highest BCUT2D eigenvalue weighted by Crippen LogP contribution is 2.16. The Labute approximate surface area is 135 Å². The molecule has 0 spiro atoms. The summed E-state index contributed by atoms with van der Waals surface area (Å²) in [6.45, 7) is 6.23. The van der Waals surface area contributed by atoms with E-state index in [4.69, 9.17) is 5.73 Å². The number of nitrogens with one attached hydrogen (secondary N) is 1. The maximum Gasteiger partial charge on any atom is 0.220 e. The van der Waals surface area contributed by atoms with Crippen LogP contribution in [0, 0.1) is 17.6 Å². The highest BCUT2D eigenvalue weighted by Gasteiger charge is 2.26. The minimum Gasteiger partial charge on any atom is -0.350 e. The molecule has 0 aliphatic rings. The minimum atomic E-state index is -1.08. The van der Waals surface area contributed by atoms with E-state index in [2.05, 4.69) is 5.32 Å². The van der Waals surface area contributed by atoms with Crippen LogP contribution in [0.15, 0.2) is 18.2 Å². The summed E-state index contributed by atoms with van der Waals surface area (Å²) in [6.07, 6.45) is 0.636. The largest absolute Gasteiger partial charge is 0.350 e. The van der Waals surface area contributed by atoms with Crippen LogP contribution < -0.4 is 11.1 Å². The number of benzene rings is 1. The van der Waals surface area contributed by atoms with Crippen molar-refractivity contribution in [2.24, 2.45) is 11.7 Å². The molecule has 6 heteroatoms. The number of Topliss-reactive ketones (excluding diaryl/α,β-unsaturated/α-hetero) is 1. The van der Waals surface area contributed by atoms with Crippen molar-refractivity contribution in [3.63, 3.8) is 0 Å². The van der Waals surface area contributed by atoms with Gasteiger partial charge in [-0.3, -0.25) is 9.59 Å². The first kappa shape index (κ1) is 19.2. The van der Waals surface area contributed by atoms with Crippen molar-refractivity contribution in [1.29, 1.82) is 0 Å². The predicted octanol–water partition coefficient (Wildman–Crippen LogP) is 2.81. The van der Waals surface area contributed by atoms with Gasteiger partial charge in [-0.1, -0.05) is 13.8 Å². The van der Waals surface area contributed by atoms with Gasteiger partial charge < -0.3 is 11.1 Å². The van der Waals surface area contributed by atoms with Crippen molar-refractivity contribution >= 4 is 11.7 Å². The molecule has 0 saturated carbocycles. The number of nitrogens with two attached hydrogens (primary N) is 1. The van der Waals surface area contributed by atoms with Crippen molar-refractivity contribution < 1.29 is 18.4 Å². The third kappa shape index (κ3) is 6.06. The predicted molar refractivity (Wildman–Crippen MR) is 85.0 cm³/mol. The van der Waals surface area contributed by atoms with Gasteiger partial charge in [0.2, 0.25) is 5.91 Å². The number of ketones is 1. The number of halogens is 2. The van der Waals surface area contributed by atoms with Gasteiger partial charge in [-0.05, 0) is 37.5 Å². The molecular weight excluding hydrogens is 302 g/mol. The van der Waals surface area contributed by atoms with E-state index in [1.165, 1.54) is 6.07 Å². The summed E-state index contributed by atoms with van der Waals surface area (Å²) in [7, 11) is 0. The number of amides is 1.